The highest BCUT2D eigenvalue weighted by atomic mass is 16.2. The van der Waals surface area contributed by atoms with Gasteiger partial charge >= 0.3 is 0 Å². The first kappa shape index (κ1) is 15.1. The van der Waals surface area contributed by atoms with Crippen LogP contribution < -0.4 is 15.5 Å². The summed E-state index contributed by atoms with van der Waals surface area (Å²) in [6, 6.07) is 13.2. The third-order valence-corrected chi connectivity index (χ3v) is 3.99. The zero-order chi connectivity index (χ0) is 16.4. The number of carbonyl (C=O) groups excluding carboxylic acids is 2. The zero-order valence-corrected chi connectivity index (χ0v) is 13.2. The van der Waals surface area contributed by atoms with Gasteiger partial charge in [-0.05, 0) is 49.2 Å². The lowest BCUT2D eigenvalue weighted by Crippen LogP contribution is -2.44. The molecule has 2 aromatic carbocycles. The Hall–Kier alpha value is -2.82. The Morgan fingerprint density at radius 2 is 1.87 bits per heavy atom. The van der Waals surface area contributed by atoms with E-state index >= 15 is 0 Å². The molecule has 23 heavy (non-hydrogen) atoms. The standard InChI is InChI=1S/C18H19N3O2/c1-12-8-15-16(9-13(12)2)21(18(23)10-19-15)11-17(22)20-14-6-4-3-5-7-14/h3-9,19H,10-11H2,1-2H3,(H,20,22). The molecule has 0 aromatic heterocycles. The van der Waals surface area contributed by atoms with Crippen LogP contribution in [0.15, 0.2) is 42.5 Å². The van der Waals surface area contributed by atoms with Crippen LogP contribution in [0, 0.1) is 13.8 Å². The van der Waals surface area contributed by atoms with Gasteiger partial charge in [-0.25, -0.2) is 0 Å². The molecule has 0 saturated carbocycles. The van der Waals surface area contributed by atoms with Gasteiger partial charge in [-0.1, -0.05) is 18.2 Å². The van der Waals surface area contributed by atoms with E-state index in [1.165, 1.54) is 4.90 Å². The molecular weight excluding hydrogens is 290 g/mol. The highest BCUT2D eigenvalue weighted by Gasteiger charge is 2.26. The lowest BCUT2D eigenvalue weighted by Gasteiger charge is -2.30. The van der Waals surface area contributed by atoms with Crippen LogP contribution in [0.4, 0.5) is 17.1 Å². The third-order valence-electron chi connectivity index (χ3n) is 3.99. The van der Waals surface area contributed by atoms with Crippen LogP contribution in [-0.4, -0.2) is 24.9 Å². The molecule has 0 radical (unpaired) electrons. The molecule has 0 spiro atoms. The third kappa shape index (κ3) is 3.18. The van der Waals surface area contributed by atoms with Gasteiger partial charge in [0.2, 0.25) is 11.8 Å². The van der Waals surface area contributed by atoms with Crippen molar-refractivity contribution in [3.05, 3.63) is 53.6 Å². The molecule has 1 aliphatic heterocycles. The SMILES string of the molecule is Cc1cc2c(cc1C)N(CC(=O)Nc1ccccc1)C(=O)CN2. The molecule has 0 saturated heterocycles. The number of fused-ring (bicyclic) bond motifs is 1. The van der Waals surface area contributed by atoms with E-state index in [4.69, 9.17) is 0 Å². The van der Waals surface area contributed by atoms with Crippen LogP contribution in [0.1, 0.15) is 11.1 Å². The smallest absolute Gasteiger partial charge is 0.246 e. The Bertz CT molecular complexity index is 756. The van der Waals surface area contributed by atoms with Crippen LogP contribution in [0.25, 0.3) is 0 Å². The van der Waals surface area contributed by atoms with Crippen molar-refractivity contribution in [3.8, 4) is 0 Å². The van der Waals surface area contributed by atoms with Gasteiger partial charge < -0.3 is 10.6 Å². The minimum atomic E-state index is -0.212. The predicted molar refractivity (Wildman–Crippen MR) is 91.8 cm³/mol. The van der Waals surface area contributed by atoms with E-state index in [0.29, 0.717) is 0 Å². The number of amides is 2. The molecule has 0 bridgehead atoms. The molecule has 118 valence electrons. The van der Waals surface area contributed by atoms with Crippen LogP contribution in [-0.2, 0) is 9.59 Å². The normalized spacial score (nSPS) is 13.3. The van der Waals surface area contributed by atoms with E-state index in [1.54, 1.807) is 0 Å². The largest absolute Gasteiger partial charge is 0.374 e. The van der Waals surface area contributed by atoms with E-state index < -0.39 is 0 Å². The molecule has 2 aromatic rings. The maximum absolute atomic E-state index is 12.3. The Morgan fingerprint density at radius 1 is 1.17 bits per heavy atom. The number of anilines is 3. The van der Waals surface area contributed by atoms with Gasteiger partial charge in [0.05, 0.1) is 17.9 Å². The molecule has 1 heterocycles. The van der Waals surface area contributed by atoms with E-state index in [2.05, 4.69) is 10.6 Å². The van der Waals surface area contributed by atoms with Crippen LogP contribution in [0.5, 0.6) is 0 Å². The first-order valence-electron chi connectivity index (χ1n) is 7.55. The fraction of sp³-hybridized carbons (Fsp3) is 0.222. The van der Waals surface area contributed by atoms with Gasteiger partial charge in [0.1, 0.15) is 6.54 Å². The number of para-hydroxylation sites is 1. The topological polar surface area (TPSA) is 61.4 Å². The molecule has 0 atom stereocenters. The minimum Gasteiger partial charge on any atom is -0.374 e. The molecule has 1 aliphatic rings. The van der Waals surface area contributed by atoms with Crippen molar-refractivity contribution in [3.63, 3.8) is 0 Å². The van der Waals surface area contributed by atoms with Crippen molar-refractivity contribution in [1.82, 2.24) is 0 Å². The van der Waals surface area contributed by atoms with Gasteiger partial charge in [0.15, 0.2) is 0 Å². The van der Waals surface area contributed by atoms with E-state index in [0.717, 1.165) is 28.2 Å². The Balaban J connectivity index is 1.81. The average Bonchev–Trinajstić information content (AvgIpc) is 2.53. The summed E-state index contributed by atoms with van der Waals surface area (Å²) in [5.41, 5.74) is 4.61. The summed E-state index contributed by atoms with van der Waals surface area (Å²) in [5.74, 6) is -0.320. The maximum Gasteiger partial charge on any atom is 0.246 e. The number of benzene rings is 2. The zero-order valence-electron chi connectivity index (χ0n) is 13.2. The van der Waals surface area contributed by atoms with Crippen LogP contribution in [0.2, 0.25) is 0 Å². The van der Waals surface area contributed by atoms with Crippen LogP contribution in [0.3, 0.4) is 0 Å². The van der Waals surface area contributed by atoms with Gasteiger partial charge in [0.25, 0.3) is 0 Å². The van der Waals surface area contributed by atoms with Gasteiger partial charge in [0, 0.05) is 5.69 Å². The highest BCUT2D eigenvalue weighted by molar-refractivity contribution is 6.08. The van der Waals surface area contributed by atoms with Gasteiger partial charge in [-0.3, -0.25) is 14.5 Å². The number of hydrogen-bond acceptors (Lipinski definition) is 3. The Kier molecular flexibility index (Phi) is 4.02. The van der Waals surface area contributed by atoms with Crippen molar-refractivity contribution >= 4 is 28.9 Å². The number of carbonyl (C=O) groups is 2. The summed E-state index contributed by atoms with van der Waals surface area (Å²) in [4.78, 5) is 26.0. The molecule has 5 nitrogen and oxygen atoms in total. The predicted octanol–water partition coefficient (Wildman–Crippen LogP) is 2.70. The molecule has 2 N–H and O–H groups in total. The van der Waals surface area contributed by atoms with E-state index in [9.17, 15) is 9.59 Å². The van der Waals surface area contributed by atoms with Crippen LogP contribution >= 0.6 is 0 Å². The molecule has 0 fully saturated rings. The number of hydrogen-bond donors (Lipinski definition) is 2. The highest BCUT2D eigenvalue weighted by Crippen LogP contribution is 2.32. The fourth-order valence-corrected chi connectivity index (χ4v) is 2.61. The minimum absolute atomic E-state index is 0.00487. The summed E-state index contributed by atoms with van der Waals surface area (Å²) in [7, 11) is 0. The summed E-state index contributed by atoms with van der Waals surface area (Å²) < 4.78 is 0. The molecule has 2 amide bonds. The second kappa shape index (κ2) is 6.12. The van der Waals surface area contributed by atoms with Crippen molar-refractivity contribution in [1.29, 1.82) is 0 Å². The lowest BCUT2D eigenvalue weighted by molar-refractivity contribution is -0.120. The first-order valence-corrected chi connectivity index (χ1v) is 7.55. The lowest BCUT2D eigenvalue weighted by atomic mass is 10.1. The fourth-order valence-electron chi connectivity index (χ4n) is 2.61. The number of rotatable bonds is 3. The second-order valence-electron chi connectivity index (χ2n) is 5.70. The summed E-state index contributed by atoms with van der Waals surface area (Å²) in [5, 5.41) is 5.92. The van der Waals surface area contributed by atoms with Crippen molar-refractivity contribution < 1.29 is 9.59 Å². The van der Waals surface area contributed by atoms with E-state index in [-0.39, 0.29) is 24.9 Å². The second-order valence-corrected chi connectivity index (χ2v) is 5.70. The van der Waals surface area contributed by atoms with Gasteiger partial charge in [-0.15, -0.1) is 0 Å². The summed E-state index contributed by atoms with van der Waals surface area (Å²) >= 11 is 0. The number of nitrogens with one attached hydrogen (secondary N) is 2. The molecule has 5 heteroatoms. The molecular formula is C18H19N3O2. The molecule has 3 rings (SSSR count). The van der Waals surface area contributed by atoms with Crippen molar-refractivity contribution in [2.45, 2.75) is 13.8 Å². The van der Waals surface area contributed by atoms with Crippen molar-refractivity contribution in [2.75, 3.05) is 28.6 Å². The monoisotopic (exact) mass is 309 g/mol. The average molecular weight is 309 g/mol. The Labute approximate surface area is 135 Å². The summed E-state index contributed by atoms with van der Waals surface area (Å²) in [6.45, 7) is 4.23. The first-order chi connectivity index (χ1) is 11.0. The number of nitrogens with zero attached hydrogens (tertiary/aromatic N) is 1. The van der Waals surface area contributed by atoms with Gasteiger partial charge in [-0.2, -0.15) is 0 Å². The summed E-state index contributed by atoms with van der Waals surface area (Å²) in [6.07, 6.45) is 0. The maximum atomic E-state index is 12.3. The quantitative estimate of drug-likeness (QED) is 0.916. The van der Waals surface area contributed by atoms with E-state index in [1.807, 2.05) is 56.3 Å². The Morgan fingerprint density at radius 3 is 2.61 bits per heavy atom. The van der Waals surface area contributed by atoms with Crippen molar-refractivity contribution in [2.24, 2.45) is 0 Å². The molecule has 0 aliphatic carbocycles. The molecule has 0 unspecified atom stereocenters. The number of aryl methyl sites for hydroxylation is 2.